The first-order valence-electron chi connectivity index (χ1n) is 8.90. The normalized spacial score (nSPS) is 13.9. The Labute approximate surface area is 165 Å². The van der Waals surface area contributed by atoms with Gasteiger partial charge in [-0.1, -0.05) is 42.0 Å². The number of aliphatic hydroxyl groups is 1. The van der Waals surface area contributed by atoms with E-state index in [1.165, 1.54) is 0 Å². The van der Waals surface area contributed by atoms with Gasteiger partial charge in [0.15, 0.2) is 6.17 Å². The van der Waals surface area contributed by atoms with Gasteiger partial charge in [-0.05, 0) is 43.2 Å². The van der Waals surface area contributed by atoms with Gasteiger partial charge in [-0.2, -0.15) is 5.10 Å². The summed E-state index contributed by atoms with van der Waals surface area (Å²) < 4.78 is 56.8. The lowest BCUT2D eigenvalue weighted by Gasteiger charge is -2.15. The molecule has 0 amide bonds. The second-order valence-electron chi connectivity index (χ2n) is 6.82. The summed E-state index contributed by atoms with van der Waals surface area (Å²) in [6, 6.07) is 13.8. The Kier molecular flexibility index (Phi) is 5.93. The summed E-state index contributed by atoms with van der Waals surface area (Å²) >= 11 is 0. The number of hydrogen-bond acceptors (Lipinski definition) is 3. The Hall–Kier alpha value is -2.87. The maximum atomic E-state index is 14.7. The third kappa shape index (κ3) is 5.35. The van der Waals surface area contributed by atoms with Gasteiger partial charge in [-0.25, -0.2) is 4.39 Å². The van der Waals surface area contributed by atoms with Gasteiger partial charge in [0.1, 0.15) is 11.9 Å². The number of aryl methyl sites for hydroxylation is 2. The van der Waals surface area contributed by atoms with Crippen LogP contribution in [-0.4, -0.2) is 21.2 Å². The summed E-state index contributed by atoms with van der Waals surface area (Å²) in [5, 5.41) is 14.7. The van der Waals surface area contributed by atoms with Gasteiger partial charge in [0.25, 0.3) is 0 Å². The van der Waals surface area contributed by atoms with Gasteiger partial charge in [-0.15, -0.1) is 13.2 Å². The van der Waals surface area contributed by atoms with Gasteiger partial charge >= 0.3 is 6.36 Å². The number of rotatable bonds is 6. The number of aliphatic hydroxyl groups excluding tert-OH is 1. The van der Waals surface area contributed by atoms with Gasteiger partial charge in [0, 0.05) is 5.69 Å². The maximum Gasteiger partial charge on any atom is 0.573 e. The van der Waals surface area contributed by atoms with Crippen LogP contribution in [0, 0.1) is 13.8 Å². The molecule has 3 rings (SSSR count). The van der Waals surface area contributed by atoms with E-state index in [1.54, 1.807) is 17.7 Å². The first-order chi connectivity index (χ1) is 13.6. The van der Waals surface area contributed by atoms with E-state index in [0.29, 0.717) is 6.54 Å². The van der Waals surface area contributed by atoms with E-state index >= 15 is 0 Å². The molecular formula is C21H20F4N2O2. The molecule has 0 fully saturated rings. The van der Waals surface area contributed by atoms with Gasteiger partial charge in [-0.3, -0.25) is 4.68 Å². The van der Waals surface area contributed by atoms with Gasteiger partial charge in [0.2, 0.25) is 0 Å². The Morgan fingerprint density at radius 2 is 1.66 bits per heavy atom. The van der Waals surface area contributed by atoms with Crippen LogP contribution >= 0.6 is 0 Å². The molecule has 29 heavy (non-hydrogen) atoms. The highest BCUT2D eigenvalue weighted by molar-refractivity contribution is 5.30. The van der Waals surface area contributed by atoms with Crippen LogP contribution in [0.3, 0.4) is 0 Å². The fraction of sp³-hybridized carbons (Fsp3) is 0.286. The minimum atomic E-state index is -4.82. The third-order valence-corrected chi connectivity index (χ3v) is 4.47. The molecule has 0 saturated carbocycles. The molecule has 154 valence electrons. The lowest BCUT2D eigenvalue weighted by atomic mass is 10.0. The molecule has 2 unspecified atom stereocenters. The van der Waals surface area contributed by atoms with Crippen LogP contribution in [0.2, 0.25) is 0 Å². The van der Waals surface area contributed by atoms with E-state index in [0.717, 1.165) is 41.1 Å². The second kappa shape index (κ2) is 8.24. The quantitative estimate of drug-likeness (QED) is 0.571. The number of alkyl halides is 4. The highest BCUT2D eigenvalue weighted by Gasteiger charge is 2.31. The number of halogens is 4. The molecule has 2 atom stereocenters. The molecule has 1 aromatic heterocycles. The molecule has 2 aromatic carbocycles. The van der Waals surface area contributed by atoms with Crippen molar-refractivity contribution in [2.24, 2.45) is 0 Å². The number of hydrogen-bond donors (Lipinski definition) is 1. The van der Waals surface area contributed by atoms with Crippen LogP contribution < -0.4 is 4.74 Å². The zero-order chi connectivity index (χ0) is 21.2. The summed E-state index contributed by atoms with van der Waals surface area (Å²) in [6.07, 6.45) is -8.22. The lowest BCUT2D eigenvalue weighted by Crippen LogP contribution is -2.17. The molecule has 8 heteroatoms. The highest BCUT2D eigenvalue weighted by Crippen LogP contribution is 2.33. The fourth-order valence-corrected chi connectivity index (χ4v) is 2.89. The molecule has 0 radical (unpaired) electrons. The topological polar surface area (TPSA) is 47.3 Å². The predicted octanol–water partition coefficient (Wildman–Crippen LogP) is 5.19. The van der Waals surface area contributed by atoms with Crippen molar-refractivity contribution < 1.29 is 27.4 Å². The minimum Gasteiger partial charge on any atom is -0.406 e. The molecular weight excluding hydrogens is 388 g/mol. The summed E-state index contributed by atoms with van der Waals surface area (Å²) in [6.45, 7) is 4.26. The monoisotopic (exact) mass is 408 g/mol. The van der Waals surface area contributed by atoms with Crippen molar-refractivity contribution in [2.45, 2.75) is 39.0 Å². The van der Waals surface area contributed by atoms with Gasteiger partial charge < -0.3 is 9.84 Å². The predicted molar refractivity (Wildman–Crippen MR) is 99.2 cm³/mol. The zero-order valence-electron chi connectivity index (χ0n) is 15.8. The van der Waals surface area contributed by atoms with Crippen molar-refractivity contribution in [1.82, 2.24) is 9.78 Å². The summed E-state index contributed by atoms with van der Waals surface area (Å²) in [7, 11) is 0. The SMILES string of the molecule is Cc1ccc(Cn2nc(C(O)C(F)c3ccc(OC(F)(F)F)cc3)cc2C)cc1. The van der Waals surface area contributed by atoms with E-state index in [-0.39, 0.29) is 11.3 Å². The molecule has 3 aromatic rings. The summed E-state index contributed by atoms with van der Waals surface area (Å²) in [5.41, 5.74) is 3.07. The number of nitrogens with zero attached hydrogens (tertiary/aromatic N) is 2. The molecule has 0 bridgehead atoms. The maximum absolute atomic E-state index is 14.7. The first-order valence-corrected chi connectivity index (χ1v) is 8.90. The van der Waals surface area contributed by atoms with E-state index in [1.807, 2.05) is 31.2 Å². The lowest BCUT2D eigenvalue weighted by molar-refractivity contribution is -0.274. The Morgan fingerprint density at radius 1 is 1.03 bits per heavy atom. The minimum absolute atomic E-state index is 0.0257. The van der Waals surface area contributed by atoms with Crippen molar-refractivity contribution in [3.63, 3.8) is 0 Å². The second-order valence-corrected chi connectivity index (χ2v) is 6.82. The standard InChI is InChI=1S/C21H20F4N2O2/c1-13-3-5-15(6-4-13)12-27-14(2)11-18(26-27)20(28)19(22)16-7-9-17(10-8-16)29-21(23,24)25/h3-11,19-20,28H,12H2,1-2H3. The van der Waals surface area contributed by atoms with Crippen LogP contribution in [0.25, 0.3) is 0 Å². The van der Waals surface area contributed by atoms with E-state index in [2.05, 4.69) is 9.84 Å². The molecule has 1 N–H and O–H groups in total. The largest absolute Gasteiger partial charge is 0.573 e. The average molecular weight is 408 g/mol. The Balaban J connectivity index is 1.72. The molecule has 0 saturated heterocycles. The van der Waals surface area contributed by atoms with Crippen LogP contribution in [0.4, 0.5) is 17.6 Å². The van der Waals surface area contributed by atoms with Crippen LogP contribution in [-0.2, 0) is 6.54 Å². The Morgan fingerprint density at radius 3 is 2.24 bits per heavy atom. The molecule has 4 nitrogen and oxygen atoms in total. The van der Waals surface area contributed by atoms with E-state index in [4.69, 9.17) is 0 Å². The van der Waals surface area contributed by atoms with E-state index in [9.17, 15) is 22.7 Å². The molecule has 1 heterocycles. The summed E-state index contributed by atoms with van der Waals surface area (Å²) in [4.78, 5) is 0. The van der Waals surface area contributed by atoms with Crippen molar-refractivity contribution in [3.05, 3.63) is 82.7 Å². The molecule has 0 aliphatic heterocycles. The molecule has 0 spiro atoms. The van der Waals surface area contributed by atoms with Crippen molar-refractivity contribution >= 4 is 0 Å². The third-order valence-electron chi connectivity index (χ3n) is 4.47. The van der Waals surface area contributed by atoms with Crippen LogP contribution in [0.5, 0.6) is 5.75 Å². The van der Waals surface area contributed by atoms with Crippen molar-refractivity contribution in [3.8, 4) is 5.75 Å². The van der Waals surface area contributed by atoms with Crippen molar-refractivity contribution in [2.75, 3.05) is 0 Å². The molecule has 0 aliphatic carbocycles. The van der Waals surface area contributed by atoms with Crippen molar-refractivity contribution in [1.29, 1.82) is 0 Å². The number of benzene rings is 2. The summed E-state index contributed by atoms with van der Waals surface area (Å²) in [5.74, 6) is -0.457. The number of aromatic nitrogens is 2. The first kappa shape index (κ1) is 20.9. The number of ether oxygens (including phenoxy) is 1. The highest BCUT2D eigenvalue weighted by atomic mass is 19.4. The zero-order valence-corrected chi connectivity index (χ0v) is 15.8. The Bertz CT molecular complexity index is 950. The smallest absolute Gasteiger partial charge is 0.406 e. The van der Waals surface area contributed by atoms with Crippen LogP contribution in [0.1, 0.15) is 40.4 Å². The van der Waals surface area contributed by atoms with E-state index < -0.39 is 24.4 Å². The van der Waals surface area contributed by atoms with Crippen LogP contribution in [0.15, 0.2) is 54.6 Å². The fourth-order valence-electron chi connectivity index (χ4n) is 2.89. The average Bonchev–Trinajstić information content (AvgIpc) is 3.02. The molecule has 0 aliphatic rings. The van der Waals surface area contributed by atoms with Gasteiger partial charge in [0.05, 0.1) is 12.2 Å².